The largest absolute Gasteiger partial charge is 0.444 e. The van der Waals surface area contributed by atoms with Gasteiger partial charge in [0.2, 0.25) is 29.8 Å². The number of hydrogen-bond acceptors (Lipinski definition) is 34. The molecule has 1 aliphatic carbocycles. The standard InChI is InChI=1S/C73H127N15O29/c1-63(2,3)108-53(93)79-48(80-54(94)109-64(4,5)6)74-34-40-39(90)32-38(77-51(85-59(99)114-69(19,20)21)86-60(100)115-70(22,23)24)46(104-40)107-73(103)33-36(75-49(81-55(95)110-65(7,8)9)82-56(96)111-66(10,11)12)31-37(76-50(83-57(97)112-67(13,14)15)84-58(98)113-68(16,17)18)45(73)106-47-44(92)42(43(91)41(35-89)105-47)78-52(87-61(101)116-71(25,26)27)88-62(102)117-72(28,29)30/h36-47,89-92,103H,31-35H2,1-30H3,(H2,74,79,80,93,94)(H2,75,81,82,95,96)(H2,76,83,84,97,98)(H2,77,85,86,99,100)(H2,78,87,88,101,102)/t36?,37-,38?,39+,40+,41+,42?,43-,44?,45?,46-,47-,73+/m1/s1. The van der Waals surface area contributed by atoms with Gasteiger partial charge in [0.05, 0.1) is 31.3 Å². The Morgan fingerprint density at radius 3 is 0.906 bits per heavy atom. The Labute approximate surface area is 681 Å². The SMILES string of the molecule is CC(C)(C)OC(=O)NC(=NC[C@@H]1O[C@H](O[C@@]2(O)CC(N=C(NC(=O)OC(C)(C)C)NC(=O)OC(C)(C)C)C[C@@H](N=C(NC(=O)OC(C)(C)C)NC(=O)OC(C)(C)C)C2O[C@H]2O[C@@H](CO)[C@@H](O)C(N=C(NC(=O)OC(C)(C)C)NC(=O)OC(C)(C)C)C2O)C(N=C(NC(=O)OC(C)(C)C)NC(=O)OC(C)(C)C)C[C@@H]1O)NC(=O)OC(C)(C)C. The van der Waals surface area contributed by atoms with Crippen molar-refractivity contribution in [1.29, 1.82) is 0 Å². The molecule has 3 rings (SSSR count). The fourth-order valence-electron chi connectivity index (χ4n) is 10.0. The highest BCUT2D eigenvalue weighted by Crippen LogP contribution is 2.41. The van der Waals surface area contributed by atoms with Crippen molar-refractivity contribution in [1.82, 2.24) is 53.2 Å². The van der Waals surface area contributed by atoms with E-state index in [1.54, 1.807) is 0 Å². The molecule has 15 N–H and O–H groups in total. The van der Waals surface area contributed by atoms with Crippen molar-refractivity contribution in [2.45, 2.75) is 362 Å². The first-order chi connectivity index (χ1) is 52.7. The summed E-state index contributed by atoms with van der Waals surface area (Å²) in [7, 11) is 0. The van der Waals surface area contributed by atoms with E-state index < -0.39 is 258 Å². The molecule has 2 aliphatic heterocycles. The minimum Gasteiger partial charge on any atom is -0.444 e. The summed E-state index contributed by atoms with van der Waals surface area (Å²) in [4.78, 5) is 160. The second-order valence-corrected chi connectivity index (χ2v) is 37.2. The van der Waals surface area contributed by atoms with Gasteiger partial charge in [-0.05, 0) is 214 Å². The monoisotopic (exact) mass is 1680 g/mol. The van der Waals surface area contributed by atoms with Crippen LogP contribution < -0.4 is 53.2 Å². The summed E-state index contributed by atoms with van der Waals surface area (Å²) in [6, 6.07) is -7.83. The summed E-state index contributed by atoms with van der Waals surface area (Å²) in [6.07, 6.45) is -32.2. The van der Waals surface area contributed by atoms with Crippen LogP contribution in [0.2, 0.25) is 0 Å². The molecule has 2 saturated heterocycles. The van der Waals surface area contributed by atoms with E-state index in [-0.39, 0.29) is 0 Å². The summed E-state index contributed by atoms with van der Waals surface area (Å²) >= 11 is 0. The molecule has 5 unspecified atom stereocenters. The molecular weight excluding hydrogens is 1550 g/mol. The van der Waals surface area contributed by atoms with Gasteiger partial charge in [0.1, 0.15) is 98.6 Å². The van der Waals surface area contributed by atoms with E-state index in [0.29, 0.717) is 0 Å². The van der Waals surface area contributed by atoms with Gasteiger partial charge in [-0.25, -0.2) is 72.9 Å². The number of carbonyl (C=O) groups excluding carboxylic acids is 10. The normalized spacial score (nSPS) is 23.3. The number of rotatable bonds is 11. The fraction of sp³-hybridized carbons (Fsp3) is 0.795. The van der Waals surface area contributed by atoms with Gasteiger partial charge in [0, 0.05) is 12.8 Å². The van der Waals surface area contributed by atoms with Crippen LogP contribution in [0.25, 0.3) is 0 Å². The molecule has 668 valence electrons. The molecule has 117 heavy (non-hydrogen) atoms. The topological polar surface area (TPSA) is 583 Å². The highest BCUT2D eigenvalue weighted by atomic mass is 16.8. The average molecular weight is 1680 g/mol. The van der Waals surface area contributed by atoms with Crippen LogP contribution in [-0.2, 0) is 66.3 Å². The first kappa shape index (κ1) is 102. The number of aliphatic hydroxyl groups excluding tert-OH is 4. The lowest BCUT2D eigenvalue weighted by molar-refractivity contribution is -0.386. The molecule has 0 aromatic heterocycles. The maximum absolute atomic E-state index is 14.4. The number of guanidine groups is 5. The number of carbonyl (C=O) groups is 10. The number of amides is 10. The molecule has 3 aliphatic rings. The second kappa shape index (κ2) is 40.4. The van der Waals surface area contributed by atoms with Crippen LogP contribution in [0.15, 0.2) is 25.0 Å². The third-order valence-corrected chi connectivity index (χ3v) is 13.6. The molecule has 44 nitrogen and oxygen atoms in total. The molecular formula is C73H127N15O29. The Balaban J connectivity index is 2.88. The minimum absolute atomic E-state index is 0.655. The first-order valence-corrected chi connectivity index (χ1v) is 37.6. The van der Waals surface area contributed by atoms with E-state index in [9.17, 15) is 73.5 Å². The maximum Gasteiger partial charge on any atom is 0.414 e. The predicted octanol–water partition coefficient (Wildman–Crippen LogP) is 6.29. The first-order valence-electron chi connectivity index (χ1n) is 37.6. The Morgan fingerprint density at radius 1 is 0.350 bits per heavy atom. The zero-order valence-electron chi connectivity index (χ0n) is 72.7. The number of nitrogens with zero attached hydrogens (tertiary/aromatic N) is 5. The van der Waals surface area contributed by atoms with Gasteiger partial charge in [-0.3, -0.25) is 53.2 Å². The van der Waals surface area contributed by atoms with Crippen LogP contribution in [0.4, 0.5) is 47.9 Å². The van der Waals surface area contributed by atoms with Gasteiger partial charge in [0.15, 0.2) is 18.4 Å². The summed E-state index contributed by atoms with van der Waals surface area (Å²) < 4.78 is 81.4. The van der Waals surface area contributed by atoms with Crippen molar-refractivity contribution in [3.8, 4) is 0 Å². The summed E-state index contributed by atoms with van der Waals surface area (Å²) in [5.41, 5.74) is -12.1. The molecule has 3 fully saturated rings. The molecule has 44 heteroatoms. The van der Waals surface area contributed by atoms with Crippen LogP contribution in [0.1, 0.15) is 227 Å². The van der Waals surface area contributed by atoms with Gasteiger partial charge in [-0.2, -0.15) is 0 Å². The molecule has 0 bridgehead atoms. The molecule has 0 radical (unpaired) electrons. The zero-order chi connectivity index (χ0) is 90.1. The van der Waals surface area contributed by atoms with Gasteiger partial charge < -0.3 is 91.8 Å². The molecule has 0 aromatic rings. The van der Waals surface area contributed by atoms with E-state index in [1.807, 2.05) is 0 Å². The Bertz CT molecular complexity index is 3450. The Kier molecular flexibility index (Phi) is 35.2. The number of hydrogen-bond donors (Lipinski definition) is 15. The lowest BCUT2D eigenvalue weighted by Crippen LogP contribution is -2.66. The van der Waals surface area contributed by atoms with E-state index in [4.69, 9.17) is 71.3 Å². The van der Waals surface area contributed by atoms with Gasteiger partial charge in [-0.15, -0.1) is 0 Å². The smallest absolute Gasteiger partial charge is 0.414 e. The van der Waals surface area contributed by atoms with Gasteiger partial charge in [-0.1, -0.05) is 0 Å². The van der Waals surface area contributed by atoms with Crippen LogP contribution in [-0.4, -0.2) is 265 Å². The molecule has 1 saturated carbocycles. The molecule has 13 atom stereocenters. The number of aliphatic hydroxyl groups is 5. The van der Waals surface area contributed by atoms with Crippen molar-refractivity contribution < 1.29 is 140 Å². The number of nitrogens with one attached hydrogen (secondary N) is 10. The quantitative estimate of drug-likeness (QED) is 0.0468. The summed E-state index contributed by atoms with van der Waals surface area (Å²) in [5, 5.41) is 85.8. The lowest BCUT2D eigenvalue weighted by Gasteiger charge is -2.50. The van der Waals surface area contributed by atoms with Crippen molar-refractivity contribution in [2.24, 2.45) is 25.0 Å². The highest BCUT2D eigenvalue weighted by molar-refractivity contribution is 6.04. The number of alkyl carbamates (subject to hydrolysis) is 10. The van der Waals surface area contributed by atoms with Crippen LogP contribution in [0, 0.1) is 0 Å². The molecule has 0 spiro atoms. The Morgan fingerprint density at radius 2 is 0.615 bits per heavy atom. The third kappa shape index (κ3) is 41.6. The van der Waals surface area contributed by atoms with E-state index in [0.717, 1.165) is 0 Å². The van der Waals surface area contributed by atoms with Crippen LogP contribution in [0.3, 0.4) is 0 Å². The third-order valence-electron chi connectivity index (χ3n) is 13.6. The summed E-state index contributed by atoms with van der Waals surface area (Å²) in [5.74, 6) is -7.37. The van der Waals surface area contributed by atoms with Crippen molar-refractivity contribution in [3.63, 3.8) is 0 Å². The van der Waals surface area contributed by atoms with Crippen LogP contribution in [0.5, 0.6) is 0 Å². The van der Waals surface area contributed by atoms with Crippen molar-refractivity contribution >= 4 is 90.7 Å². The van der Waals surface area contributed by atoms with Crippen LogP contribution >= 0.6 is 0 Å². The Hall–Kier alpha value is -9.31. The number of aliphatic imine (C=N–C) groups is 5. The van der Waals surface area contributed by atoms with E-state index >= 15 is 0 Å². The minimum atomic E-state index is -3.41. The average Bonchev–Trinajstić information content (AvgIpc) is 0.750. The zero-order valence-corrected chi connectivity index (χ0v) is 72.7. The van der Waals surface area contributed by atoms with Crippen molar-refractivity contribution in [2.75, 3.05) is 13.2 Å². The molecule has 0 aromatic carbocycles. The fourth-order valence-corrected chi connectivity index (χ4v) is 10.0. The van der Waals surface area contributed by atoms with Gasteiger partial charge >= 0.3 is 60.9 Å². The molecule has 10 amide bonds. The van der Waals surface area contributed by atoms with Crippen molar-refractivity contribution in [3.05, 3.63) is 0 Å². The van der Waals surface area contributed by atoms with E-state index in [2.05, 4.69) is 73.1 Å². The predicted molar refractivity (Wildman–Crippen MR) is 418 cm³/mol. The number of ether oxygens (including phenoxy) is 14. The summed E-state index contributed by atoms with van der Waals surface area (Å²) in [6.45, 7) is 43.4. The van der Waals surface area contributed by atoms with E-state index in [1.165, 1.54) is 208 Å². The maximum atomic E-state index is 14.4. The van der Waals surface area contributed by atoms with Gasteiger partial charge in [0.25, 0.3) is 0 Å². The lowest BCUT2D eigenvalue weighted by atomic mass is 9.83. The molecule has 2 heterocycles. The highest BCUT2D eigenvalue weighted by Gasteiger charge is 2.58. The second-order valence-electron chi connectivity index (χ2n) is 37.2.